The molecular weight excluding hydrogens is 343 g/mol. The van der Waals surface area contributed by atoms with Crippen molar-refractivity contribution in [2.75, 3.05) is 26.3 Å². The van der Waals surface area contributed by atoms with Crippen molar-refractivity contribution >= 4 is 29.0 Å². The second-order valence-electron chi connectivity index (χ2n) is 5.18. The Kier molecular flexibility index (Phi) is 4.43. The molecule has 122 valence electrons. The highest BCUT2D eigenvalue weighted by molar-refractivity contribution is 6.56. The van der Waals surface area contributed by atoms with Crippen LogP contribution in [0.4, 0.5) is 0 Å². The highest BCUT2D eigenvalue weighted by atomic mass is 35.5. The van der Waals surface area contributed by atoms with Crippen molar-refractivity contribution < 1.29 is 9.66 Å². The fraction of sp³-hybridized carbons (Fsp3) is 0.357. The molecule has 0 saturated carbocycles. The number of aliphatic imine (C=N–C) groups is 1. The molecule has 0 bridgehead atoms. The monoisotopic (exact) mass is 356 g/mol. The predicted molar refractivity (Wildman–Crippen MR) is 87.3 cm³/mol. The van der Waals surface area contributed by atoms with Crippen molar-refractivity contribution in [3.05, 3.63) is 55.7 Å². The first-order valence-electron chi connectivity index (χ1n) is 7.00. The summed E-state index contributed by atoms with van der Waals surface area (Å²) in [7, 11) is 0. The van der Waals surface area contributed by atoms with Crippen LogP contribution in [0.15, 0.2) is 50.6 Å². The average molecular weight is 357 g/mol. The fourth-order valence-corrected chi connectivity index (χ4v) is 2.96. The van der Waals surface area contributed by atoms with Crippen LogP contribution in [-0.2, 0) is 4.74 Å². The Labute approximate surface area is 142 Å². The zero-order valence-electron chi connectivity index (χ0n) is 12.3. The van der Waals surface area contributed by atoms with E-state index >= 15 is 0 Å². The first kappa shape index (κ1) is 16.0. The molecule has 7 nitrogen and oxygen atoms in total. The molecule has 9 heteroatoms. The molecule has 3 rings (SSSR count). The Hall–Kier alpha value is -1.83. The second kappa shape index (κ2) is 6.35. The van der Waals surface area contributed by atoms with E-state index in [1.165, 1.54) is 0 Å². The number of allylic oxidation sites excluding steroid dienone is 2. The molecule has 0 atom stereocenters. The van der Waals surface area contributed by atoms with E-state index in [1.54, 1.807) is 17.2 Å². The standard InChI is InChI=1S/C14H14Cl2N4O3/c1-9-2-3-10-17-14(18-4-6-23-7-5-18)12(20(21)22)11(13(15)16)19(10)8-9/h2-3,8H,4-7H2,1H3. The highest BCUT2D eigenvalue weighted by Gasteiger charge is 2.39. The average Bonchev–Trinajstić information content (AvgIpc) is 2.53. The third-order valence-electron chi connectivity index (χ3n) is 3.64. The summed E-state index contributed by atoms with van der Waals surface area (Å²) in [6, 6.07) is 0. The quantitative estimate of drug-likeness (QED) is 0.561. The Morgan fingerprint density at radius 2 is 2.04 bits per heavy atom. The van der Waals surface area contributed by atoms with Gasteiger partial charge in [-0.2, -0.15) is 0 Å². The second-order valence-corrected chi connectivity index (χ2v) is 6.13. The highest BCUT2D eigenvalue weighted by Crippen LogP contribution is 2.35. The van der Waals surface area contributed by atoms with Gasteiger partial charge in [0.1, 0.15) is 10.3 Å². The number of ether oxygens (including phenoxy) is 1. The molecule has 0 unspecified atom stereocenters. The van der Waals surface area contributed by atoms with Crippen LogP contribution in [0.3, 0.4) is 0 Å². The van der Waals surface area contributed by atoms with E-state index in [2.05, 4.69) is 4.99 Å². The van der Waals surface area contributed by atoms with E-state index in [9.17, 15) is 10.1 Å². The van der Waals surface area contributed by atoms with Crippen molar-refractivity contribution in [1.82, 2.24) is 9.80 Å². The molecule has 0 aromatic rings. The lowest BCUT2D eigenvalue weighted by Crippen LogP contribution is -2.41. The maximum absolute atomic E-state index is 11.7. The molecule has 3 heterocycles. The van der Waals surface area contributed by atoms with Crippen molar-refractivity contribution in [2.24, 2.45) is 4.99 Å². The van der Waals surface area contributed by atoms with Crippen LogP contribution in [0.1, 0.15) is 6.92 Å². The van der Waals surface area contributed by atoms with Crippen molar-refractivity contribution in [3.63, 3.8) is 0 Å². The Morgan fingerprint density at radius 3 is 2.65 bits per heavy atom. The molecule has 0 radical (unpaired) electrons. The van der Waals surface area contributed by atoms with Crippen LogP contribution < -0.4 is 0 Å². The van der Waals surface area contributed by atoms with Gasteiger partial charge in [0.25, 0.3) is 0 Å². The molecule has 23 heavy (non-hydrogen) atoms. The van der Waals surface area contributed by atoms with Crippen LogP contribution >= 0.6 is 23.2 Å². The molecular formula is C14H14Cl2N4O3. The third-order valence-corrected chi connectivity index (χ3v) is 4.00. The summed E-state index contributed by atoms with van der Waals surface area (Å²) in [4.78, 5) is 19.0. The number of hydrogen-bond acceptors (Lipinski definition) is 6. The minimum absolute atomic E-state index is 0.133. The Bertz CT molecular complexity index is 699. The zero-order valence-corrected chi connectivity index (χ0v) is 13.8. The lowest BCUT2D eigenvalue weighted by atomic mass is 10.1. The van der Waals surface area contributed by atoms with Gasteiger partial charge < -0.3 is 9.64 Å². The van der Waals surface area contributed by atoms with E-state index in [0.29, 0.717) is 32.1 Å². The molecule has 0 aliphatic carbocycles. The number of morpholine rings is 1. The lowest BCUT2D eigenvalue weighted by Gasteiger charge is -2.34. The van der Waals surface area contributed by atoms with Crippen LogP contribution in [0, 0.1) is 10.1 Å². The van der Waals surface area contributed by atoms with Gasteiger partial charge in [-0.1, -0.05) is 29.3 Å². The molecule has 0 aromatic heterocycles. The summed E-state index contributed by atoms with van der Waals surface area (Å²) in [5, 5.41) is 11.7. The van der Waals surface area contributed by atoms with E-state index in [4.69, 9.17) is 27.9 Å². The number of fused-ring (bicyclic) bond motifs is 1. The van der Waals surface area contributed by atoms with Crippen LogP contribution in [-0.4, -0.2) is 46.9 Å². The summed E-state index contributed by atoms with van der Waals surface area (Å²) >= 11 is 12.0. The summed E-state index contributed by atoms with van der Waals surface area (Å²) in [5.74, 6) is 0.799. The number of rotatable bonds is 2. The maximum atomic E-state index is 11.7. The minimum Gasteiger partial charge on any atom is -0.378 e. The molecule has 3 aliphatic heterocycles. The fourth-order valence-electron chi connectivity index (χ4n) is 2.60. The molecule has 1 fully saturated rings. The number of amidine groups is 1. The first-order valence-corrected chi connectivity index (χ1v) is 7.76. The summed E-state index contributed by atoms with van der Waals surface area (Å²) < 4.78 is 5.13. The van der Waals surface area contributed by atoms with Gasteiger partial charge in [-0.15, -0.1) is 0 Å². The molecule has 0 aromatic carbocycles. The molecule has 1 saturated heterocycles. The SMILES string of the molecule is CC1=CN2C(=NC(N3CCOCC3)=C([N+](=O)[O-])C2=C(Cl)Cl)C=C1. The van der Waals surface area contributed by atoms with Gasteiger partial charge in [-0.25, -0.2) is 4.99 Å². The van der Waals surface area contributed by atoms with E-state index in [0.717, 1.165) is 5.57 Å². The van der Waals surface area contributed by atoms with Crippen LogP contribution in [0.25, 0.3) is 0 Å². The maximum Gasteiger partial charge on any atom is 0.337 e. The zero-order chi connectivity index (χ0) is 16.6. The molecule has 0 N–H and O–H groups in total. The van der Waals surface area contributed by atoms with E-state index in [1.807, 2.05) is 17.9 Å². The van der Waals surface area contributed by atoms with Gasteiger partial charge in [0.05, 0.1) is 18.1 Å². The van der Waals surface area contributed by atoms with Gasteiger partial charge in [-0.05, 0) is 18.6 Å². The van der Waals surface area contributed by atoms with Crippen molar-refractivity contribution in [3.8, 4) is 0 Å². The Morgan fingerprint density at radius 1 is 1.35 bits per heavy atom. The summed E-state index contributed by atoms with van der Waals surface area (Å²) in [6.45, 7) is 3.90. The van der Waals surface area contributed by atoms with Gasteiger partial charge in [0, 0.05) is 19.3 Å². The smallest absolute Gasteiger partial charge is 0.337 e. The lowest BCUT2D eigenvalue weighted by molar-refractivity contribution is -0.424. The normalized spacial score (nSPS) is 21.1. The number of hydrogen-bond donors (Lipinski definition) is 0. The summed E-state index contributed by atoms with van der Waals surface area (Å²) in [6.07, 6.45) is 5.38. The topological polar surface area (TPSA) is 71.2 Å². The number of nitrogens with zero attached hydrogens (tertiary/aromatic N) is 4. The predicted octanol–water partition coefficient (Wildman–Crippen LogP) is 2.60. The van der Waals surface area contributed by atoms with Crippen molar-refractivity contribution in [2.45, 2.75) is 6.92 Å². The van der Waals surface area contributed by atoms with Gasteiger partial charge in [-0.3, -0.25) is 15.0 Å². The van der Waals surface area contributed by atoms with Crippen molar-refractivity contribution in [1.29, 1.82) is 0 Å². The number of nitro groups is 1. The third kappa shape index (κ3) is 2.99. The van der Waals surface area contributed by atoms with Crippen LogP contribution in [0.5, 0.6) is 0 Å². The number of halogens is 2. The van der Waals surface area contributed by atoms with Gasteiger partial charge >= 0.3 is 5.70 Å². The van der Waals surface area contributed by atoms with E-state index < -0.39 is 4.92 Å². The van der Waals surface area contributed by atoms with Gasteiger partial charge in [0.2, 0.25) is 5.82 Å². The van der Waals surface area contributed by atoms with Gasteiger partial charge in [0.15, 0.2) is 5.70 Å². The minimum atomic E-state index is -0.493. The molecule has 0 spiro atoms. The summed E-state index contributed by atoms with van der Waals surface area (Å²) in [5.41, 5.74) is 0.845. The largest absolute Gasteiger partial charge is 0.378 e. The molecule has 0 amide bonds. The molecule has 3 aliphatic rings. The Balaban J connectivity index is 2.18. The van der Waals surface area contributed by atoms with Crippen LogP contribution in [0.2, 0.25) is 0 Å². The first-order chi connectivity index (χ1) is 11.0. The van der Waals surface area contributed by atoms with E-state index in [-0.39, 0.29) is 21.7 Å².